The lowest BCUT2D eigenvalue weighted by Crippen LogP contribution is -1.92. The molecule has 0 bridgehead atoms. The highest BCUT2D eigenvalue weighted by molar-refractivity contribution is 9.09. The zero-order chi connectivity index (χ0) is 10.7. The molecular formula is C11H11BrClF. The summed E-state index contributed by atoms with van der Waals surface area (Å²) in [6.07, 6.45) is 1.79. The van der Waals surface area contributed by atoms with Crippen LogP contribution in [0.25, 0.3) is 6.08 Å². The first-order valence-corrected chi connectivity index (χ1v) is 5.57. The number of hydrogen-bond donors (Lipinski definition) is 0. The molecule has 0 aliphatic heterocycles. The first-order valence-electron chi connectivity index (χ1n) is 4.28. The van der Waals surface area contributed by atoms with Gasteiger partial charge >= 0.3 is 0 Å². The summed E-state index contributed by atoms with van der Waals surface area (Å²) in [6, 6.07) is 4.54. The fourth-order valence-electron chi connectivity index (χ4n) is 0.985. The summed E-state index contributed by atoms with van der Waals surface area (Å²) in [5.74, 6) is -0.248. The SMILES string of the molecule is C/C(=C\c1cc(Cl)ccc1F)C(C)Br. The minimum absolute atomic E-state index is 0.237. The van der Waals surface area contributed by atoms with Gasteiger partial charge in [-0.15, -0.1) is 0 Å². The van der Waals surface area contributed by atoms with E-state index in [0.29, 0.717) is 10.6 Å². The van der Waals surface area contributed by atoms with Gasteiger partial charge < -0.3 is 0 Å². The summed E-state index contributed by atoms with van der Waals surface area (Å²) in [6.45, 7) is 3.94. The third kappa shape index (κ3) is 3.10. The van der Waals surface area contributed by atoms with E-state index in [2.05, 4.69) is 15.9 Å². The minimum atomic E-state index is -0.248. The van der Waals surface area contributed by atoms with Gasteiger partial charge in [-0.05, 0) is 32.0 Å². The van der Waals surface area contributed by atoms with Crippen molar-refractivity contribution in [1.29, 1.82) is 0 Å². The van der Waals surface area contributed by atoms with Gasteiger partial charge in [0, 0.05) is 15.4 Å². The number of benzene rings is 1. The summed E-state index contributed by atoms with van der Waals surface area (Å²) in [7, 11) is 0. The second-order valence-electron chi connectivity index (χ2n) is 3.17. The number of hydrogen-bond acceptors (Lipinski definition) is 0. The maximum atomic E-state index is 13.3. The Morgan fingerprint density at radius 3 is 2.79 bits per heavy atom. The van der Waals surface area contributed by atoms with Crippen LogP contribution < -0.4 is 0 Å². The first-order chi connectivity index (χ1) is 6.50. The lowest BCUT2D eigenvalue weighted by molar-refractivity contribution is 0.625. The standard InChI is InChI=1S/C11H11BrClF/c1-7(8(2)12)5-9-6-10(13)3-4-11(9)14/h3-6,8H,1-2H3/b7-5+. The Morgan fingerprint density at radius 2 is 2.21 bits per heavy atom. The molecule has 1 rings (SSSR count). The minimum Gasteiger partial charge on any atom is -0.206 e. The highest BCUT2D eigenvalue weighted by Crippen LogP contribution is 2.20. The Morgan fingerprint density at radius 1 is 1.57 bits per heavy atom. The van der Waals surface area contributed by atoms with Gasteiger partial charge in [-0.3, -0.25) is 0 Å². The van der Waals surface area contributed by atoms with E-state index in [9.17, 15) is 4.39 Å². The maximum Gasteiger partial charge on any atom is 0.130 e. The van der Waals surface area contributed by atoms with E-state index in [4.69, 9.17) is 11.6 Å². The van der Waals surface area contributed by atoms with Crippen LogP contribution in [0.5, 0.6) is 0 Å². The van der Waals surface area contributed by atoms with Gasteiger partial charge in [0.15, 0.2) is 0 Å². The van der Waals surface area contributed by atoms with Crippen LogP contribution in [-0.4, -0.2) is 4.83 Å². The third-order valence-electron chi connectivity index (χ3n) is 1.97. The number of rotatable bonds is 2. The van der Waals surface area contributed by atoms with Crippen molar-refractivity contribution in [3.8, 4) is 0 Å². The quantitative estimate of drug-likeness (QED) is 0.689. The van der Waals surface area contributed by atoms with Crippen LogP contribution in [0.15, 0.2) is 23.8 Å². The van der Waals surface area contributed by atoms with Crippen molar-refractivity contribution < 1.29 is 4.39 Å². The van der Waals surface area contributed by atoms with Crippen molar-refractivity contribution in [2.45, 2.75) is 18.7 Å². The van der Waals surface area contributed by atoms with Crippen LogP contribution in [0.3, 0.4) is 0 Å². The van der Waals surface area contributed by atoms with Crippen LogP contribution in [0, 0.1) is 5.82 Å². The molecular weight excluding hydrogens is 266 g/mol. The van der Waals surface area contributed by atoms with E-state index in [1.165, 1.54) is 6.07 Å². The Kier molecular flexibility index (Phi) is 4.14. The van der Waals surface area contributed by atoms with Crippen LogP contribution in [-0.2, 0) is 0 Å². The monoisotopic (exact) mass is 276 g/mol. The van der Waals surface area contributed by atoms with Crippen molar-refractivity contribution in [2.75, 3.05) is 0 Å². The molecule has 3 heteroatoms. The molecule has 0 aliphatic rings. The average Bonchev–Trinajstić information content (AvgIpc) is 2.11. The molecule has 0 saturated carbocycles. The fraction of sp³-hybridized carbons (Fsp3) is 0.273. The molecule has 0 fully saturated rings. The molecule has 0 amide bonds. The van der Waals surface area contributed by atoms with E-state index < -0.39 is 0 Å². The fourth-order valence-corrected chi connectivity index (χ4v) is 1.30. The molecule has 76 valence electrons. The third-order valence-corrected chi connectivity index (χ3v) is 2.93. The highest BCUT2D eigenvalue weighted by atomic mass is 79.9. The molecule has 0 aliphatic carbocycles. The largest absolute Gasteiger partial charge is 0.206 e. The molecule has 0 radical (unpaired) electrons. The second-order valence-corrected chi connectivity index (χ2v) is 4.98. The molecule has 1 unspecified atom stereocenters. The van der Waals surface area contributed by atoms with Crippen LogP contribution in [0.4, 0.5) is 4.39 Å². The summed E-state index contributed by atoms with van der Waals surface area (Å²) >= 11 is 9.19. The van der Waals surface area contributed by atoms with E-state index in [1.807, 2.05) is 13.8 Å². The van der Waals surface area contributed by atoms with Crippen LogP contribution in [0.2, 0.25) is 5.02 Å². The Hall–Kier alpha value is -0.340. The summed E-state index contributed by atoms with van der Waals surface area (Å²) in [5.41, 5.74) is 1.59. The zero-order valence-corrected chi connectivity index (χ0v) is 10.4. The topological polar surface area (TPSA) is 0 Å². The predicted molar refractivity (Wildman–Crippen MR) is 63.5 cm³/mol. The zero-order valence-electron chi connectivity index (χ0n) is 8.02. The van der Waals surface area contributed by atoms with Crippen LogP contribution in [0.1, 0.15) is 19.4 Å². The summed E-state index contributed by atoms with van der Waals surface area (Å²) < 4.78 is 13.3. The van der Waals surface area contributed by atoms with Gasteiger partial charge in [0.05, 0.1) is 0 Å². The molecule has 1 atom stereocenters. The van der Waals surface area contributed by atoms with Gasteiger partial charge in [-0.1, -0.05) is 39.2 Å². The van der Waals surface area contributed by atoms with Crippen LogP contribution >= 0.6 is 27.5 Å². The van der Waals surface area contributed by atoms with E-state index in [1.54, 1.807) is 18.2 Å². The molecule has 14 heavy (non-hydrogen) atoms. The van der Waals surface area contributed by atoms with Crippen molar-refractivity contribution in [3.05, 3.63) is 40.2 Å². The first kappa shape index (κ1) is 11.7. The van der Waals surface area contributed by atoms with Crippen molar-refractivity contribution in [2.24, 2.45) is 0 Å². The molecule has 1 aromatic carbocycles. The number of alkyl halides is 1. The van der Waals surface area contributed by atoms with Crippen molar-refractivity contribution >= 4 is 33.6 Å². The smallest absolute Gasteiger partial charge is 0.130 e. The van der Waals surface area contributed by atoms with E-state index in [-0.39, 0.29) is 10.6 Å². The summed E-state index contributed by atoms with van der Waals surface area (Å²) in [4.78, 5) is 0.237. The van der Waals surface area contributed by atoms with Gasteiger partial charge in [0.2, 0.25) is 0 Å². The number of allylic oxidation sites excluding steroid dienone is 1. The number of halogens is 3. The molecule has 0 heterocycles. The molecule has 0 spiro atoms. The maximum absolute atomic E-state index is 13.3. The molecule has 0 saturated heterocycles. The van der Waals surface area contributed by atoms with Crippen molar-refractivity contribution in [1.82, 2.24) is 0 Å². The second kappa shape index (κ2) is 4.94. The Labute approximate surface area is 96.9 Å². The van der Waals surface area contributed by atoms with Gasteiger partial charge in [-0.25, -0.2) is 4.39 Å². The van der Waals surface area contributed by atoms with E-state index in [0.717, 1.165) is 5.57 Å². The molecule has 0 nitrogen and oxygen atoms in total. The Bertz CT molecular complexity index is 358. The van der Waals surface area contributed by atoms with E-state index >= 15 is 0 Å². The van der Waals surface area contributed by atoms with Gasteiger partial charge in [0.1, 0.15) is 5.82 Å². The predicted octanol–water partition coefficient (Wildman–Crippen LogP) is 4.67. The molecule has 0 N–H and O–H groups in total. The van der Waals surface area contributed by atoms with Gasteiger partial charge in [0.25, 0.3) is 0 Å². The lowest BCUT2D eigenvalue weighted by Gasteiger charge is -2.04. The normalized spacial score (nSPS) is 14.2. The van der Waals surface area contributed by atoms with Gasteiger partial charge in [-0.2, -0.15) is 0 Å². The van der Waals surface area contributed by atoms with Crippen molar-refractivity contribution in [3.63, 3.8) is 0 Å². The Balaban J connectivity index is 3.07. The average molecular weight is 278 g/mol. The molecule has 1 aromatic rings. The highest BCUT2D eigenvalue weighted by Gasteiger charge is 2.03. The lowest BCUT2D eigenvalue weighted by atomic mass is 10.1. The summed E-state index contributed by atoms with van der Waals surface area (Å²) in [5, 5.41) is 0.549. The molecule has 0 aromatic heterocycles.